The number of carboxylic acid groups (broad SMARTS) is 2. The second-order valence-corrected chi connectivity index (χ2v) is 7.45. The molecule has 18 heavy (non-hydrogen) atoms. The highest BCUT2D eigenvalue weighted by molar-refractivity contribution is 9.11. The molecule has 2 N–H and O–H groups in total. The molecule has 0 saturated heterocycles. The first-order chi connectivity index (χ1) is 8.40. The first kappa shape index (κ1) is 13.6. The summed E-state index contributed by atoms with van der Waals surface area (Å²) in [6.07, 6.45) is 0. The van der Waals surface area contributed by atoms with E-state index >= 15 is 0 Å². The van der Waals surface area contributed by atoms with Gasteiger partial charge in [0, 0.05) is 0 Å². The molecule has 0 bridgehead atoms. The summed E-state index contributed by atoms with van der Waals surface area (Å²) in [6.45, 7) is 0. The van der Waals surface area contributed by atoms with Gasteiger partial charge < -0.3 is 10.2 Å². The highest BCUT2D eigenvalue weighted by Gasteiger charge is 2.26. The predicted molar refractivity (Wildman–Crippen MR) is 72.5 cm³/mol. The Morgan fingerprint density at radius 1 is 0.889 bits per heavy atom. The summed E-state index contributed by atoms with van der Waals surface area (Å²) in [5.74, 6) is -2.35. The Morgan fingerprint density at radius 2 is 1.22 bits per heavy atom. The van der Waals surface area contributed by atoms with Crippen LogP contribution in [0, 0.1) is 0 Å². The smallest absolute Gasteiger partial charge is 0.348 e. The van der Waals surface area contributed by atoms with Crippen molar-refractivity contribution < 1.29 is 19.8 Å². The van der Waals surface area contributed by atoms with E-state index in [4.69, 9.17) is 10.2 Å². The number of nitrogens with zero attached hydrogens (tertiary/aromatic N) is 2. The van der Waals surface area contributed by atoms with Crippen molar-refractivity contribution in [3.63, 3.8) is 0 Å². The van der Waals surface area contributed by atoms with Crippen LogP contribution >= 0.6 is 54.5 Å². The normalized spacial score (nSPS) is 10.6. The summed E-state index contributed by atoms with van der Waals surface area (Å²) in [5.41, 5.74) is 0.109. The zero-order valence-electron chi connectivity index (χ0n) is 8.18. The number of thiazole rings is 2. The largest absolute Gasteiger partial charge is 0.477 e. The third kappa shape index (κ3) is 2.46. The number of carbonyl (C=O) groups is 2. The van der Waals surface area contributed by atoms with Crippen LogP contribution in [0.25, 0.3) is 11.4 Å². The lowest BCUT2D eigenvalue weighted by atomic mass is 10.2. The Hall–Kier alpha value is -0.840. The molecule has 0 amide bonds. The highest BCUT2D eigenvalue weighted by atomic mass is 79.9. The molecular weight excluding hydrogens is 412 g/mol. The Labute approximate surface area is 125 Å². The Balaban J connectivity index is 2.68. The van der Waals surface area contributed by atoms with Gasteiger partial charge in [-0.05, 0) is 31.9 Å². The van der Waals surface area contributed by atoms with Gasteiger partial charge in [0.05, 0.1) is 0 Å². The molecule has 0 aliphatic rings. The maximum absolute atomic E-state index is 11.1. The van der Waals surface area contributed by atoms with Crippen molar-refractivity contribution >= 4 is 66.5 Å². The molecule has 0 aliphatic heterocycles. The van der Waals surface area contributed by atoms with Crippen molar-refractivity contribution in [2.45, 2.75) is 0 Å². The van der Waals surface area contributed by atoms with Crippen LogP contribution in [0.2, 0.25) is 0 Å². The summed E-state index contributed by atoms with van der Waals surface area (Å²) in [7, 11) is 0. The van der Waals surface area contributed by atoms with E-state index in [1.807, 2.05) is 0 Å². The first-order valence-corrected chi connectivity index (χ1v) is 7.41. The molecule has 10 heteroatoms. The van der Waals surface area contributed by atoms with Gasteiger partial charge in [-0.2, -0.15) is 0 Å². The van der Waals surface area contributed by atoms with Crippen molar-refractivity contribution in [3.05, 3.63) is 17.6 Å². The lowest BCUT2D eigenvalue weighted by molar-refractivity contribution is 0.0689. The average molecular weight is 414 g/mol. The molecular formula is C8H2Br2N2O4S2. The second kappa shape index (κ2) is 5.03. The predicted octanol–water partition coefficient (Wildman–Crippen LogP) is 3.19. The van der Waals surface area contributed by atoms with Crippen LogP contribution in [0.15, 0.2) is 7.83 Å². The number of rotatable bonds is 3. The maximum Gasteiger partial charge on any atom is 0.348 e. The fourth-order valence-electron chi connectivity index (χ4n) is 1.20. The van der Waals surface area contributed by atoms with Crippen molar-refractivity contribution in [1.82, 2.24) is 9.97 Å². The molecule has 2 aromatic heterocycles. The van der Waals surface area contributed by atoms with E-state index in [1.54, 1.807) is 0 Å². The molecule has 0 radical (unpaired) electrons. The van der Waals surface area contributed by atoms with E-state index < -0.39 is 11.9 Å². The van der Waals surface area contributed by atoms with Crippen LogP contribution in [-0.4, -0.2) is 32.1 Å². The molecule has 0 saturated carbocycles. The van der Waals surface area contributed by atoms with Crippen LogP contribution in [-0.2, 0) is 0 Å². The molecule has 2 aromatic rings. The number of aromatic carboxylic acids is 2. The van der Waals surface area contributed by atoms with Crippen molar-refractivity contribution in [2.24, 2.45) is 0 Å². The van der Waals surface area contributed by atoms with Crippen molar-refractivity contribution in [2.75, 3.05) is 0 Å². The van der Waals surface area contributed by atoms with Crippen LogP contribution in [0.1, 0.15) is 19.3 Å². The second-order valence-electron chi connectivity index (χ2n) is 2.90. The van der Waals surface area contributed by atoms with Gasteiger partial charge in [0.2, 0.25) is 0 Å². The van der Waals surface area contributed by atoms with Crippen molar-refractivity contribution in [1.29, 1.82) is 0 Å². The molecule has 0 aromatic carbocycles. The van der Waals surface area contributed by atoms with Gasteiger partial charge in [0.15, 0.2) is 7.83 Å². The van der Waals surface area contributed by atoms with E-state index in [0.717, 1.165) is 22.7 Å². The summed E-state index contributed by atoms with van der Waals surface area (Å²) < 4.78 is 0.714. The van der Waals surface area contributed by atoms with Crippen LogP contribution in [0.5, 0.6) is 0 Å². The van der Waals surface area contributed by atoms with E-state index in [2.05, 4.69) is 41.8 Å². The minimum absolute atomic E-state index is 0.0535. The van der Waals surface area contributed by atoms with Crippen LogP contribution < -0.4 is 0 Å². The van der Waals surface area contributed by atoms with Gasteiger partial charge in [0.25, 0.3) is 0 Å². The fourth-order valence-corrected chi connectivity index (χ4v) is 3.79. The van der Waals surface area contributed by atoms with E-state index in [0.29, 0.717) is 7.83 Å². The number of carboxylic acids is 2. The zero-order valence-corrected chi connectivity index (χ0v) is 13.0. The molecule has 0 atom stereocenters. The number of aromatic nitrogens is 2. The van der Waals surface area contributed by atoms with Crippen LogP contribution in [0.4, 0.5) is 0 Å². The molecule has 0 spiro atoms. The first-order valence-electron chi connectivity index (χ1n) is 4.19. The molecule has 2 heterocycles. The molecule has 0 unspecified atom stereocenters. The Kier molecular flexibility index (Phi) is 3.80. The highest BCUT2D eigenvalue weighted by Crippen LogP contribution is 2.36. The summed E-state index contributed by atoms with van der Waals surface area (Å²) >= 11 is 7.97. The van der Waals surface area contributed by atoms with Crippen LogP contribution in [0.3, 0.4) is 0 Å². The summed E-state index contributed by atoms with van der Waals surface area (Å²) in [5, 5.41) is 18.1. The minimum atomic E-state index is -1.17. The number of halogens is 2. The third-order valence-corrected chi connectivity index (χ3v) is 4.80. The van der Waals surface area contributed by atoms with E-state index in [-0.39, 0.29) is 21.1 Å². The minimum Gasteiger partial charge on any atom is -0.477 e. The maximum atomic E-state index is 11.1. The summed E-state index contributed by atoms with van der Waals surface area (Å²) in [4.78, 5) is 30.0. The standard InChI is InChI=1S/C8H2Br2N2O4S2/c9-7-11-1(3(17-7)5(13)14)2-4(6(15)16)18-8(10)12-2/h(H,13,14)(H,15,16). The van der Waals surface area contributed by atoms with Gasteiger partial charge >= 0.3 is 11.9 Å². The van der Waals surface area contributed by atoms with E-state index in [1.165, 1.54) is 0 Å². The molecule has 6 nitrogen and oxygen atoms in total. The third-order valence-electron chi connectivity index (χ3n) is 1.81. The van der Waals surface area contributed by atoms with Gasteiger partial charge in [-0.15, -0.1) is 0 Å². The van der Waals surface area contributed by atoms with Crippen molar-refractivity contribution in [3.8, 4) is 11.4 Å². The molecule has 2 rings (SSSR count). The number of hydrogen-bond acceptors (Lipinski definition) is 6. The molecule has 0 aliphatic carbocycles. The van der Waals surface area contributed by atoms with E-state index in [9.17, 15) is 9.59 Å². The van der Waals surface area contributed by atoms with Gasteiger partial charge in [-0.25, -0.2) is 19.6 Å². The fraction of sp³-hybridized carbons (Fsp3) is 0. The quantitative estimate of drug-likeness (QED) is 0.801. The Bertz CT molecular complexity index is 595. The summed E-state index contributed by atoms with van der Waals surface area (Å²) in [6, 6.07) is 0. The molecule has 0 fully saturated rings. The topological polar surface area (TPSA) is 100 Å². The monoisotopic (exact) mass is 412 g/mol. The van der Waals surface area contributed by atoms with Gasteiger partial charge in [0.1, 0.15) is 21.1 Å². The lowest BCUT2D eigenvalue weighted by Crippen LogP contribution is -2.00. The van der Waals surface area contributed by atoms with Gasteiger partial charge in [-0.1, -0.05) is 22.7 Å². The zero-order chi connectivity index (χ0) is 13.4. The Morgan fingerprint density at radius 3 is 1.50 bits per heavy atom. The SMILES string of the molecule is O=C(O)c1sc(Br)nc1-c1nc(Br)sc1C(=O)O. The van der Waals surface area contributed by atoms with Gasteiger partial charge in [-0.3, -0.25) is 0 Å². The lowest BCUT2D eigenvalue weighted by Gasteiger charge is -1.95. The average Bonchev–Trinajstić information content (AvgIpc) is 2.81. The number of hydrogen-bond donors (Lipinski definition) is 2. The molecule has 94 valence electrons.